The molecule has 3 unspecified atom stereocenters. The van der Waals surface area contributed by atoms with Gasteiger partial charge >= 0.3 is 0 Å². The molecule has 2 aliphatic rings. The van der Waals surface area contributed by atoms with Crippen LogP contribution in [-0.4, -0.2) is 29.1 Å². The van der Waals surface area contributed by atoms with Crippen LogP contribution in [-0.2, 0) is 4.79 Å². The summed E-state index contributed by atoms with van der Waals surface area (Å²) in [4.78, 5) is 14.5. The van der Waals surface area contributed by atoms with Crippen LogP contribution in [0.1, 0.15) is 53.9 Å². The zero-order valence-electron chi connectivity index (χ0n) is 11.8. The monoisotopic (exact) mass is 238 g/mol. The number of rotatable bonds is 2. The number of amides is 1. The smallest absolute Gasteiger partial charge is 0.241 e. The van der Waals surface area contributed by atoms with Crippen molar-refractivity contribution in [3.63, 3.8) is 0 Å². The molecule has 0 aromatic rings. The fourth-order valence-electron chi connectivity index (χ4n) is 3.37. The first-order valence-corrected chi connectivity index (χ1v) is 6.90. The highest BCUT2D eigenvalue weighted by Gasteiger charge is 2.45. The summed E-state index contributed by atoms with van der Waals surface area (Å²) in [6, 6.07) is 0.470. The maximum Gasteiger partial charge on any atom is 0.241 e. The molecule has 3 atom stereocenters. The largest absolute Gasteiger partial charge is 0.323 e. The Morgan fingerprint density at radius 3 is 2.47 bits per heavy atom. The summed E-state index contributed by atoms with van der Waals surface area (Å²) < 4.78 is 0. The number of carbonyl (C=O) groups excluding carboxylic acids is 1. The van der Waals surface area contributed by atoms with Crippen LogP contribution in [0, 0.1) is 11.3 Å². The molecule has 0 radical (unpaired) electrons. The zero-order chi connectivity index (χ0) is 12.8. The van der Waals surface area contributed by atoms with Gasteiger partial charge in [0.1, 0.15) is 0 Å². The van der Waals surface area contributed by atoms with E-state index in [9.17, 15) is 4.79 Å². The van der Waals surface area contributed by atoms with Crippen molar-refractivity contribution in [3.05, 3.63) is 0 Å². The molecule has 3 nitrogen and oxygen atoms in total. The molecule has 3 heteroatoms. The van der Waals surface area contributed by atoms with Crippen molar-refractivity contribution in [2.24, 2.45) is 11.3 Å². The minimum atomic E-state index is 0.0220. The third-order valence-corrected chi connectivity index (χ3v) is 4.36. The van der Waals surface area contributed by atoms with Gasteiger partial charge in [-0.3, -0.25) is 10.1 Å². The summed E-state index contributed by atoms with van der Waals surface area (Å²) >= 11 is 0. The Morgan fingerprint density at radius 2 is 2.06 bits per heavy atom. The Balaban J connectivity index is 2.09. The van der Waals surface area contributed by atoms with Crippen LogP contribution in [0.15, 0.2) is 0 Å². The Labute approximate surface area is 105 Å². The molecule has 2 rings (SSSR count). The maximum atomic E-state index is 12.4. The second-order valence-corrected chi connectivity index (χ2v) is 6.87. The molecule has 0 aromatic heterocycles. The van der Waals surface area contributed by atoms with Gasteiger partial charge in [-0.25, -0.2) is 0 Å². The minimum Gasteiger partial charge on any atom is -0.323 e. The Morgan fingerprint density at radius 1 is 1.41 bits per heavy atom. The maximum absolute atomic E-state index is 12.4. The van der Waals surface area contributed by atoms with Gasteiger partial charge in [0.05, 0.1) is 12.2 Å². The Kier molecular flexibility index (Phi) is 3.23. The Bertz CT molecular complexity index is 311. The summed E-state index contributed by atoms with van der Waals surface area (Å²) in [5.41, 5.74) is 0.403. The van der Waals surface area contributed by atoms with Crippen molar-refractivity contribution in [2.75, 3.05) is 0 Å². The number of hydrogen-bond acceptors (Lipinski definition) is 2. The van der Waals surface area contributed by atoms with Gasteiger partial charge < -0.3 is 4.90 Å². The molecule has 1 aliphatic carbocycles. The first kappa shape index (κ1) is 12.9. The molecule has 1 saturated heterocycles. The van der Waals surface area contributed by atoms with E-state index in [2.05, 4.69) is 44.8 Å². The second kappa shape index (κ2) is 4.27. The van der Waals surface area contributed by atoms with E-state index in [-0.39, 0.29) is 12.2 Å². The van der Waals surface area contributed by atoms with Crippen LogP contribution in [0.2, 0.25) is 0 Å². The third-order valence-electron chi connectivity index (χ3n) is 4.36. The van der Waals surface area contributed by atoms with E-state index < -0.39 is 0 Å². The van der Waals surface area contributed by atoms with Crippen LogP contribution in [0.4, 0.5) is 0 Å². The van der Waals surface area contributed by atoms with Crippen molar-refractivity contribution in [1.82, 2.24) is 10.2 Å². The highest BCUT2D eigenvalue weighted by atomic mass is 16.2. The molecule has 1 saturated carbocycles. The Hall–Kier alpha value is -0.570. The molecule has 0 bridgehead atoms. The summed E-state index contributed by atoms with van der Waals surface area (Å²) in [6.45, 7) is 11.0. The summed E-state index contributed by atoms with van der Waals surface area (Å²) in [6.07, 6.45) is 3.75. The van der Waals surface area contributed by atoms with Gasteiger partial charge in [-0.15, -0.1) is 0 Å². The SMILES string of the molecule is CC(C)C1NC(C)N(C2CCC(C)(C)C2)C1=O. The minimum absolute atomic E-state index is 0.0220. The van der Waals surface area contributed by atoms with Crippen molar-refractivity contribution in [1.29, 1.82) is 0 Å². The first-order chi connectivity index (χ1) is 7.82. The third kappa shape index (κ3) is 2.35. The second-order valence-electron chi connectivity index (χ2n) is 6.87. The van der Waals surface area contributed by atoms with Gasteiger partial charge in [0, 0.05) is 6.04 Å². The lowest BCUT2D eigenvalue weighted by molar-refractivity contribution is -0.132. The highest BCUT2D eigenvalue weighted by Crippen LogP contribution is 2.40. The average Bonchev–Trinajstić information content (AvgIpc) is 2.67. The van der Waals surface area contributed by atoms with Crippen LogP contribution in [0.5, 0.6) is 0 Å². The number of nitrogens with one attached hydrogen (secondary N) is 1. The number of hydrogen-bond donors (Lipinski definition) is 1. The van der Waals surface area contributed by atoms with Gasteiger partial charge in [-0.05, 0) is 37.5 Å². The fourth-order valence-corrected chi connectivity index (χ4v) is 3.37. The van der Waals surface area contributed by atoms with Gasteiger partial charge in [0.2, 0.25) is 5.91 Å². The predicted octanol–water partition coefficient (Wildman–Crippen LogP) is 2.37. The van der Waals surface area contributed by atoms with E-state index in [1.54, 1.807) is 0 Å². The van der Waals surface area contributed by atoms with E-state index in [4.69, 9.17) is 0 Å². The molecule has 1 aliphatic heterocycles. The summed E-state index contributed by atoms with van der Waals surface area (Å²) in [5, 5.41) is 3.43. The molecular formula is C14H26N2O. The molecule has 0 spiro atoms. The van der Waals surface area contributed by atoms with E-state index in [0.29, 0.717) is 23.3 Å². The number of carbonyl (C=O) groups is 1. The number of nitrogens with zero attached hydrogens (tertiary/aromatic N) is 1. The van der Waals surface area contributed by atoms with Crippen molar-refractivity contribution < 1.29 is 4.79 Å². The lowest BCUT2D eigenvalue weighted by Crippen LogP contribution is -2.42. The van der Waals surface area contributed by atoms with E-state index in [1.807, 2.05) is 0 Å². The molecule has 1 N–H and O–H groups in total. The van der Waals surface area contributed by atoms with Gasteiger partial charge in [0.25, 0.3) is 0 Å². The normalized spacial score (nSPS) is 37.2. The molecule has 17 heavy (non-hydrogen) atoms. The van der Waals surface area contributed by atoms with Gasteiger partial charge in [0.15, 0.2) is 0 Å². The fraction of sp³-hybridized carbons (Fsp3) is 0.929. The van der Waals surface area contributed by atoms with Crippen molar-refractivity contribution in [2.45, 2.75) is 72.1 Å². The first-order valence-electron chi connectivity index (χ1n) is 6.90. The standard InChI is InChI=1S/C14H26N2O/c1-9(2)12-13(17)16(10(3)15-12)11-6-7-14(4,5)8-11/h9-12,15H,6-8H2,1-5H3. The molecule has 1 heterocycles. The lowest BCUT2D eigenvalue weighted by atomic mass is 9.91. The van der Waals surface area contributed by atoms with E-state index >= 15 is 0 Å². The van der Waals surface area contributed by atoms with E-state index in [0.717, 1.165) is 12.8 Å². The molecule has 98 valence electrons. The predicted molar refractivity (Wildman–Crippen MR) is 69.5 cm³/mol. The van der Waals surface area contributed by atoms with Crippen LogP contribution in [0.3, 0.4) is 0 Å². The highest BCUT2D eigenvalue weighted by molar-refractivity contribution is 5.84. The van der Waals surface area contributed by atoms with Crippen molar-refractivity contribution in [3.8, 4) is 0 Å². The molecule has 0 aromatic carbocycles. The van der Waals surface area contributed by atoms with Crippen LogP contribution < -0.4 is 5.32 Å². The zero-order valence-corrected chi connectivity index (χ0v) is 11.8. The molecule has 2 fully saturated rings. The molecule has 1 amide bonds. The summed E-state index contributed by atoms with van der Waals surface area (Å²) in [5.74, 6) is 0.694. The van der Waals surface area contributed by atoms with Crippen molar-refractivity contribution >= 4 is 5.91 Å². The topological polar surface area (TPSA) is 32.3 Å². The quantitative estimate of drug-likeness (QED) is 0.801. The van der Waals surface area contributed by atoms with Crippen LogP contribution >= 0.6 is 0 Å². The van der Waals surface area contributed by atoms with Gasteiger partial charge in [-0.2, -0.15) is 0 Å². The lowest BCUT2D eigenvalue weighted by Gasteiger charge is -2.29. The average molecular weight is 238 g/mol. The van der Waals surface area contributed by atoms with Gasteiger partial charge in [-0.1, -0.05) is 27.7 Å². The van der Waals surface area contributed by atoms with Crippen LogP contribution in [0.25, 0.3) is 0 Å². The molecular weight excluding hydrogens is 212 g/mol. The summed E-state index contributed by atoms with van der Waals surface area (Å²) in [7, 11) is 0. The van der Waals surface area contributed by atoms with E-state index in [1.165, 1.54) is 6.42 Å².